The summed E-state index contributed by atoms with van der Waals surface area (Å²) in [6.45, 7) is 0.926. The number of nitrogens with one attached hydrogen (secondary N) is 1. The maximum Gasteiger partial charge on any atom is 0.144 e. The second-order valence-corrected chi connectivity index (χ2v) is 5.06. The van der Waals surface area contributed by atoms with Crippen LogP contribution in [0, 0.1) is 0 Å². The highest BCUT2D eigenvalue weighted by Crippen LogP contribution is 2.04. The highest BCUT2D eigenvalue weighted by molar-refractivity contribution is 7.98. The predicted molar refractivity (Wildman–Crippen MR) is 78.6 cm³/mol. The molecular weight excluding hydrogens is 252 g/mol. The third-order valence-corrected chi connectivity index (χ3v) is 3.14. The first kappa shape index (κ1) is 14.2. The molecule has 0 unspecified atom stereocenters. The normalized spacial score (nSPS) is 10.2. The Kier molecular flexibility index (Phi) is 6.88. The molecule has 3 N–H and O–H groups in total. The van der Waals surface area contributed by atoms with Crippen LogP contribution in [0.4, 0.5) is 5.82 Å². The summed E-state index contributed by atoms with van der Waals surface area (Å²) in [7, 11) is 0. The van der Waals surface area contributed by atoms with E-state index in [4.69, 9.17) is 18.0 Å². The van der Waals surface area contributed by atoms with E-state index in [1.54, 1.807) is 12.4 Å². The lowest BCUT2D eigenvalue weighted by atomic mass is 10.2. The number of rotatable bonds is 8. The van der Waals surface area contributed by atoms with Gasteiger partial charge in [0.15, 0.2) is 0 Å². The summed E-state index contributed by atoms with van der Waals surface area (Å²) in [6, 6.07) is 0. The lowest BCUT2D eigenvalue weighted by Crippen LogP contribution is -2.12. The number of aromatic nitrogens is 2. The lowest BCUT2D eigenvalue weighted by molar-refractivity contribution is 0.748. The molecule has 1 aromatic rings. The third kappa shape index (κ3) is 5.83. The van der Waals surface area contributed by atoms with Gasteiger partial charge in [-0.2, -0.15) is 11.8 Å². The van der Waals surface area contributed by atoms with Gasteiger partial charge >= 0.3 is 0 Å². The SMILES string of the molecule is CSCCCCCNc1cnc(C(N)=S)cn1. The van der Waals surface area contributed by atoms with E-state index in [9.17, 15) is 0 Å². The van der Waals surface area contributed by atoms with Gasteiger partial charge in [-0.3, -0.25) is 0 Å². The van der Waals surface area contributed by atoms with Crippen molar-refractivity contribution >= 4 is 34.8 Å². The Morgan fingerprint density at radius 2 is 2.18 bits per heavy atom. The Labute approximate surface area is 112 Å². The van der Waals surface area contributed by atoms with Crippen molar-refractivity contribution in [2.75, 3.05) is 23.9 Å². The van der Waals surface area contributed by atoms with E-state index in [-0.39, 0.29) is 4.99 Å². The number of anilines is 1. The van der Waals surface area contributed by atoms with Gasteiger partial charge in [0, 0.05) is 6.54 Å². The van der Waals surface area contributed by atoms with Crippen molar-refractivity contribution in [3.8, 4) is 0 Å². The Balaban J connectivity index is 2.21. The Bertz CT molecular complexity index is 340. The van der Waals surface area contributed by atoms with Gasteiger partial charge in [-0.25, -0.2) is 9.97 Å². The number of thiocarbonyl (C=S) groups is 1. The maximum atomic E-state index is 5.44. The van der Waals surface area contributed by atoms with Gasteiger partial charge in [0.25, 0.3) is 0 Å². The van der Waals surface area contributed by atoms with E-state index in [1.165, 1.54) is 18.6 Å². The van der Waals surface area contributed by atoms with Gasteiger partial charge in [0.2, 0.25) is 0 Å². The van der Waals surface area contributed by atoms with E-state index in [0.29, 0.717) is 5.69 Å². The maximum absolute atomic E-state index is 5.44. The zero-order valence-corrected chi connectivity index (χ0v) is 11.6. The number of hydrogen-bond donors (Lipinski definition) is 2. The van der Waals surface area contributed by atoms with Crippen LogP contribution in [-0.4, -0.2) is 33.5 Å². The minimum absolute atomic E-state index is 0.279. The van der Waals surface area contributed by atoms with Crippen LogP contribution in [0.2, 0.25) is 0 Å². The van der Waals surface area contributed by atoms with Crippen molar-refractivity contribution < 1.29 is 0 Å². The molecule has 4 nitrogen and oxygen atoms in total. The molecule has 94 valence electrons. The van der Waals surface area contributed by atoms with Crippen LogP contribution in [0.5, 0.6) is 0 Å². The van der Waals surface area contributed by atoms with Crippen molar-refractivity contribution in [3.63, 3.8) is 0 Å². The van der Waals surface area contributed by atoms with Crippen LogP contribution in [0.3, 0.4) is 0 Å². The average molecular weight is 270 g/mol. The number of unbranched alkanes of at least 4 members (excludes halogenated alkanes) is 2. The van der Waals surface area contributed by atoms with Crippen LogP contribution in [0.1, 0.15) is 25.0 Å². The van der Waals surface area contributed by atoms with Gasteiger partial charge in [-0.15, -0.1) is 0 Å². The second-order valence-electron chi connectivity index (χ2n) is 3.63. The molecule has 1 heterocycles. The molecule has 0 fully saturated rings. The van der Waals surface area contributed by atoms with Crippen LogP contribution >= 0.6 is 24.0 Å². The average Bonchev–Trinajstić information content (AvgIpc) is 2.34. The van der Waals surface area contributed by atoms with Crippen molar-refractivity contribution in [2.45, 2.75) is 19.3 Å². The first-order chi connectivity index (χ1) is 8.24. The van der Waals surface area contributed by atoms with Crippen molar-refractivity contribution in [1.29, 1.82) is 0 Å². The Hall–Kier alpha value is -0.880. The fourth-order valence-corrected chi connectivity index (χ4v) is 1.91. The molecule has 0 atom stereocenters. The highest BCUT2D eigenvalue weighted by Gasteiger charge is 1.99. The van der Waals surface area contributed by atoms with Crippen LogP contribution in [0.15, 0.2) is 12.4 Å². The Morgan fingerprint density at radius 3 is 2.76 bits per heavy atom. The van der Waals surface area contributed by atoms with Gasteiger partial charge in [0.1, 0.15) is 16.5 Å². The summed E-state index contributed by atoms with van der Waals surface area (Å²) in [5, 5.41) is 3.22. The Morgan fingerprint density at radius 1 is 1.35 bits per heavy atom. The molecule has 0 aromatic carbocycles. The van der Waals surface area contributed by atoms with Gasteiger partial charge < -0.3 is 11.1 Å². The standard InChI is InChI=1S/C11H18N4S2/c1-17-6-4-2-3-5-13-10-8-14-9(7-15-10)11(12)16/h7-8H,2-6H2,1H3,(H2,12,16)(H,13,15). The number of nitrogens with zero attached hydrogens (tertiary/aromatic N) is 2. The quantitative estimate of drug-likeness (QED) is 0.557. The van der Waals surface area contributed by atoms with Gasteiger partial charge in [-0.05, 0) is 24.9 Å². The summed E-state index contributed by atoms with van der Waals surface area (Å²) < 4.78 is 0. The minimum atomic E-state index is 0.279. The molecule has 0 spiro atoms. The summed E-state index contributed by atoms with van der Waals surface area (Å²) in [4.78, 5) is 8.58. The molecule has 0 aliphatic carbocycles. The number of hydrogen-bond acceptors (Lipinski definition) is 5. The number of thioether (sulfide) groups is 1. The molecule has 0 aliphatic rings. The van der Waals surface area contributed by atoms with E-state index in [2.05, 4.69) is 21.5 Å². The van der Waals surface area contributed by atoms with Crippen LogP contribution in [-0.2, 0) is 0 Å². The summed E-state index contributed by atoms with van der Waals surface area (Å²) in [5.41, 5.74) is 6.00. The topological polar surface area (TPSA) is 63.8 Å². The van der Waals surface area contributed by atoms with E-state index >= 15 is 0 Å². The van der Waals surface area contributed by atoms with Crippen molar-refractivity contribution in [3.05, 3.63) is 18.1 Å². The monoisotopic (exact) mass is 270 g/mol. The van der Waals surface area contributed by atoms with Gasteiger partial charge in [-0.1, -0.05) is 18.6 Å². The molecule has 6 heteroatoms. The zero-order chi connectivity index (χ0) is 12.5. The molecule has 0 aliphatic heterocycles. The summed E-state index contributed by atoms with van der Waals surface area (Å²) >= 11 is 6.70. The fraction of sp³-hybridized carbons (Fsp3) is 0.545. The number of nitrogens with two attached hydrogens (primary N) is 1. The molecule has 1 aromatic heterocycles. The molecule has 1 rings (SSSR count). The van der Waals surface area contributed by atoms with E-state index < -0.39 is 0 Å². The first-order valence-electron chi connectivity index (χ1n) is 5.58. The summed E-state index contributed by atoms with van der Waals surface area (Å²) in [6.07, 6.45) is 9.06. The molecule has 0 amide bonds. The van der Waals surface area contributed by atoms with Crippen molar-refractivity contribution in [1.82, 2.24) is 9.97 Å². The molecule has 0 saturated carbocycles. The fourth-order valence-electron chi connectivity index (χ4n) is 1.31. The minimum Gasteiger partial charge on any atom is -0.388 e. The lowest BCUT2D eigenvalue weighted by Gasteiger charge is -2.05. The third-order valence-electron chi connectivity index (χ3n) is 2.24. The van der Waals surface area contributed by atoms with Crippen LogP contribution < -0.4 is 11.1 Å². The first-order valence-corrected chi connectivity index (χ1v) is 7.39. The smallest absolute Gasteiger partial charge is 0.144 e. The zero-order valence-electron chi connectivity index (χ0n) is 9.98. The van der Waals surface area contributed by atoms with E-state index in [1.807, 2.05) is 11.8 Å². The van der Waals surface area contributed by atoms with Gasteiger partial charge in [0.05, 0.1) is 12.4 Å². The predicted octanol–water partition coefficient (Wildman–Crippen LogP) is 2.06. The molecule has 0 bridgehead atoms. The molecule has 0 saturated heterocycles. The largest absolute Gasteiger partial charge is 0.388 e. The van der Waals surface area contributed by atoms with Crippen molar-refractivity contribution in [2.24, 2.45) is 5.73 Å². The summed E-state index contributed by atoms with van der Waals surface area (Å²) in [5.74, 6) is 2.01. The molecule has 0 radical (unpaired) electrons. The molecular formula is C11H18N4S2. The van der Waals surface area contributed by atoms with E-state index in [0.717, 1.165) is 18.8 Å². The van der Waals surface area contributed by atoms with Crippen LogP contribution in [0.25, 0.3) is 0 Å². The second kappa shape index (κ2) is 8.25. The highest BCUT2D eigenvalue weighted by atomic mass is 32.2. The molecule has 17 heavy (non-hydrogen) atoms.